The van der Waals surface area contributed by atoms with E-state index in [4.69, 9.17) is 16.3 Å². The van der Waals surface area contributed by atoms with Crippen molar-refractivity contribution >= 4 is 35.2 Å². The van der Waals surface area contributed by atoms with Crippen LogP contribution in [0.25, 0.3) is 0 Å². The van der Waals surface area contributed by atoms with E-state index in [1.54, 1.807) is 12.1 Å². The van der Waals surface area contributed by atoms with E-state index in [2.05, 4.69) is 58.8 Å². The van der Waals surface area contributed by atoms with Crippen molar-refractivity contribution in [1.82, 2.24) is 10.3 Å². The number of allylic oxidation sites excluding steroid dienone is 2. The number of carboxylic acid groups (broad SMARTS) is 1. The first-order valence-electron chi connectivity index (χ1n) is 20.7. The Morgan fingerprint density at radius 3 is 2.26 bits per heavy atom. The van der Waals surface area contributed by atoms with E-state index < -0.39 is 17.3 Å². The number of aliphatic carboxylic acids is 1. The molecule has 296 valence electrons. The summed E-state index contributed by atoms with van der Waals surface area (Å²) in [5.74, 6) is -0.458. The topological polar surface area (TPSA) is 123 Å². The minimum absolute atomic E-state index is 0.0356. The van der Waals surface area contributed by atoms with E-state index in [0.29, 0.717) is 53.6 Å². The molecule has 6 aliphatic carbocycles. The Labute approximate surface area is 327 Å². The van der Waals surface area contributed by atoms with Crippen LogP contribution in [0, 0.1) is 68.0 Å². The minimum atomic E-state index is -0.831. The molecule has 0 spiro atoms. The smallest absolute Gasteiger partial charge is 0.309 e. The molecule has 0 bridgehead atoms. The van der Waals surface area contributed by atoms with Gasteiger partial charge in [-0.05, 0) is 127 Å². The number of carbonyl (C=O) groups excluding carboxylic acids is 3. The fourth-order valence-corrected chi connectivity index (χ4v) is 14.3. The number of amides is 1. The third-order valence-electron chi connectivity index (χ3n) is 17.5. The Kier molecular flexibility index (Phi) is 9.63. The van der Waals surface area contributed by atoms with Gasteiger partial charge in [-0.15, -0.1) is 0 Å². The maximum absolute atomic E-state index is 14.0. The number of nitrogens with one attached hydrogen (secondary N) is 1. The van der Waals surface area contributed by atoms with Gasteiger partial charge in [0.2, 0.25) is 0 Å². The van der Waals surface area contributed by atoms with Gasteiger partial charge in [-0.3, -0.25) is 19.2 Å². The van der Waals surface area contributed by atoms with Gasteiger partial charge in [-0.1, -0.05) is 79.5 Å². The molecule has 7 rings (SSSR count). The number of esters is 1. The number of rotatable bonds is 8. The maximum atomic E-state index is 14.0. The lowest BCUT2D eigenvalue weighted by atomic mass is 9.33. The van der Waals surface area contributed by atoms with Crippen molar-refractivity contribution in [1.29, 1.82) is 0 Å². The first kappa shape index (κ1) is 39.5. The molecule has 8 nitrogen and oxygen atoms in total. The maximum Gasteiger partial charge on any atom is 0.309 e. The van der Waals surface area contributed by atoms with Crippen molar-refractivity contribution in [2.45, 2.75) is 139 Å². The second kappa shape index (κ2) is 13.2. The molecule has 5 fully saturated rings. The highest BCUT2D eigenvalue weighted by atomic mass is 35.5. The Morgan fingerprint density at radius 1 is 0.907 bits per heavy atom. The number of hydrogen-bond acceptors (Lipinski definition) is 6. The van der Waals surface area contributed by atoms with Crippen LogP contribution in [0.2, 0.25) is 5.02 Å². The SMILES string of the molecule is CC(C)C1=C2[C@H]3CC[C@@H]4[C@@]5(C)CC[C@H](OC(=O)[C@H]6C[C@@H](C(=O)O)C6(C)C)C(C)(C)[C@@H]5CC[C@@]4(C)[C@]3(C)CC[C@@]2(CCNC(=O)c2ccc(Cl)cn2)CC1=O. The van der Waals surface area contributed by atoms with Crippen LogP contribution >= 0.6 is 11.6 Å². The molecular formula is C45H63ClN2O6. The summed E-state index contributed by atoms with van der Waals surface area (Å²) in [5, 5.41) is 13.3. The molecule has 9 heteroatoms. The number of ketones is 1. The van der Waals surface area contributed by atoms with Crippen LogP contribution in [-0.4, -0.2) is 46.4 Å². The second-order valence-electron chi connectivity index (χ2n) is 20.6. The van der Waals surface area contributed by atoms with Crippen LogP contribution in [0.4, 0.5) is 0 Å². The second-order valence-corrected chi connectivity index (χ2v) is 21.1. The summed E-state index contributed by atoms with van der Waals surface area (Å²) in [5.41, 5.74) is 2.00. The number of carbonyl (C=O) groups is 4. The number of pyridine rings is 1. The van der Waals surface area contributed by atoms with Crippen LogP contribution in [0.1, 0.15) is 143 Å². The molecule has 1 amide bonds. The Morgan fingerprint density at radius 2 is 1.63 bits per heavy atom. The third-order valence-corrected chi connectivity index (χ3v) is 17.7. The Balaban J connectivity index is 1.12. The van der Waals surface area contributed by atoms with E-state index in [0.717, 1.165) is 63.4 Å². The molecule has 6 aliphatic rings. The number of fused-ring (bicyclic) bond motifs is 7. The zero-order valence-corrected chi connectivity index (χ0v) is 34.8. The molecule has 5 saturated carbocycles. The van der Waals surface area contributed by atoms with Crippen LogP contribution in [0.15, 0.2) is 29.5 Å². The summed E-state index contributed by atoms with van der Waals surface area (Å²) in [7, 11) is 0. The van der Waals surface area contributed by atoms with Crippen LogP contribution < -0.4 is 5.32 Å². The molecule has 0 saturated heterocycles. The standard InChI is InChI=1S/C45H63ClN2O6/c1-25(2)35-31(49)23-45(20-21-47-37(50)30-12-10-26(46)24-48-30)19-18-43(8)27(36(35)45)11-13-33-42(7)16-15-34(41(5,6)32(42)14-17-44(33,43)9)54-39(53)29-22-28(38(51)52)40(29,3)4/h10,12,24-25,27-29,32-34H,11,13-23H2,1-9H3,(H,47,50)(H,51,52)/t27-,28+,29-,32+,33-,34+,42+,43-,44-,45-/m1/s1. The van der Waals surface area contributed by atoms with Gasteiger partial charge in [0.05, 0.1) is 16.9 Å². The summed E-state index contributed by atoms with van der Waals surface area (Å²) in [6, 6.07) is 3.32. The largest absolute Gasteiger partial charge is 0.481 e. The number of hydrogen-bond donors (Lipinski definition) is 2. The molecule has 1 heterocycles. The Bertz CT molecular complexity index is 1770. The highest BCUT2D eigenvalue weighted by Gasteiger charge is 2.70. The molecule has 54 heavy (non-hydrogen) atoms. The van der Waals surface area contributed by atoms with Crippen molar-refractivity contribution in [3.05, 3.63) is 40.2 Å². The number of halogens is 1. The summed E-state index contributed by atoms with van der Waals surface area (Å²) in [6.45, 7) is 20.9. The molecule has 2 N–H and O–H groups in total. The fraction of sp³-hybridized carbons (Fsp3) is 0.756. The van der Waals surface area contributed by atoms with Crippen LogP contribution in [-0.2, 0) is 19.1 Å². The third kappa shape index (κ3) is 5.67. The van der Waals surface area contributed by atoms with Gasteiger partial charge >= 0.3 is 11.9 Å². The quantitative estimate of drug-likeness (QED) is 0.253. The first-order valence-corrected chi connectivity index (χ1v) is 21.1. The van der Waals surface area contributed by atoms with Gasteiger partial charge in [0, 0.05) is 30.0 Å². The fourth-order valence-electron chi connectivity index (χ4n) is 14.2. The lowest BCUT2D eigenvalue weighted by Gasteiger charge is -2.72. The van der Waals surface area contributed by atoms with Crippen molar-refractivity contribution in [2.24, 2.45) is 68.0 Å². The van der Waals surface area contributed by atoms with Crippen molar-refractivity contribution in [3.63, 3.8) is 0 Å². The molecule has 1 aromatic heterocycles. The molecule has 0 unspecified atom stereocenters. The van der Waals surface area contributed by atoms with E-state index in [9.17, 15) is 24.3 Å². The Hall–Kier alpha value is -2.74. The van der Waals surface area contributed by atoms with Crippen LogP contribution in [0.3, 0.4) is 0 Å². The average molecular weight is 763 g/mol. The highest BCUT2D eigenvalue weighted by molar-refractivity contribution is 6.30. The van der Waals surface area contributed by atoms with Crippen LogP contribution in [0.5, 0.6) is 0 Å². The highest BCUT2D eigenvalue weighted by Crippen LogP contribution is 2.77. The van der Waals surface area contributed by atoms with Gasteiger partial charge in [-0.25, -0.2) is 4.98 Å². The van der Waals surface area contributed by atoms with E-state index in [1.165, 1.54) is 11.8 Å². The lowest BCUT2D eigenvalue weighted by Crippen LogP contribution is -2.66. The molecule has 0 aliphatic heterocycles. The summed E-state index contributed by atoms with van der Waals surface area (Å²) >= 11 is 6.00. The van der Waals surface area contributed by atoms with Gasteiger partial charge in [-0.2, -0.15) is 0 Å². The first-order chi connectivity index (χ1) is 25.1. The predicted molar refractivity (Wildman–Crippen MR) is 209 cm³/mol. The molecule has 1 aromatic rings. The van der Waals surface area contributed by atoms with E-state index in [-0.39, 0.29) is 56.9 Å². The van der Waals surface area contributed by atoms with Crippen molar-refractivity contribution < 1.29 is 29.0 Å². The zero-order chi connectivity index (χ0) is 39.4. The predicted octanol–water partition coefficient (Wildman–Crippen LogP) is 9.49. The average Bonchev–Trinajstić information content (AvgIpc) is 3.38. The van der Waals surface area contributed by atoms with Gasteiger partial charge in [0.15, 0.2) is 5.78 Å². The lowest BCUT2D eigenvalue weighted by molar-refractivity contribution is -0.236. The normalized spacial score (nSPS) is 40.5. The summed E-state index contributed by atoms with van der Waals surface area (Å²) in [4.78, 5) is 56.6. The number of carboxylic acids is 1. The van der Waals surface area contributed by atoms with Gasteiger partial charge in [0.25, 0.3) is 5.91 Å². The van der Waals surface area contributed by atoms with E-state index in [1.807, 2.05) is 13.8 Å². The summed E-state index contributed by atoms with van der Waals surface area (Å²) < 4.78 is 6.41. The van der Waals surface area contributed by atoms with Crippen molar-refractivity contribution in [3.8, 4) is 0 Å². The molecule has 0 radical (unpaired) electrons. The summed E-state index contributed by atoms with van der Waals surface area (Å²) in [6.07, 6.45) is 11.2. The van der Waals surface area contributed by atoms with Gasteiger partial charge in [0.1, 0.15) is 11.8 Å². The monoisotopic (exact) mass is 762 g/mol. The molecule has 10 atom stereocenters. The number of nitrogens with zero attached hydrogens (tertiary/aromatic N) is 1. The van der Waals surface area contributed by atoms with Crippen molar-refractivity contribution in [2.75, 3.05) is 6.54 Å². The van der Waals surface area contributed by atoms with Gasteiger partial charge < -0.3 is 15.2 Å². The number of aromatic nitrogens is 1. The zero-order valence-electron chi connectivity index (χ0n) is 34.1. The minimum Gasteiger partial charge on any atom is -0.481 e. The number of ether oxygens (including phenoxy) is 1. The number of Topliss-reactive ketones (excluding diaryl/α,β-unsaturated/α-hetero) is 1. The molecule has 0 aromatic carbocycles. The van der Waals surface area contributed by atoms with E-state index >= 15 is 0 Å². The molecular weight excluding hydrogens is 700 g/mol.